The van der Waals surface area contributed by atoms with E-state index in [9.17, 15) is 40.3 Å². The Morgan fingerprint density at radius 3 is 1.92 bits per heavy atom. The van der Waals surface area contributed by atoms with Crippen molar-refractivity contribution >= 4 is 71.8 Å². The van der Waals surface area contributed by atoms with Crippen LogP contribution in [0.4, 0.5) is 34.1 Å². The first kappa shape index (κ1) is 38.7. The lowest BCUT2D eigenvalue weighted by atomic mass is 9.82. The van der Waals surface area contributed by atoms with Crippen LogP contribution in [0.25, 0.3) is 0 Å². The van der Waals surface area contributed by atoms with Gasteiger partial charge in [0.2, 0.25) is 5.91 Å². The van der Waals surface area contributed by atoms with Crippen LogP contribution in [0.2, 0.25) is 0 Å². The number of carbonyl (C=O) groups excluding carboxylic acids is 3. The van der Waals surface area contributed by atoms with Crippen LogP contribution in [0, 0.1) is 0 Å². The van der Waals surface area contributed by atoms with Gasteiger partial charge in [-0.05, 0) is 61.4 Å². The van der Waals surface area contributed by atoms with Gasteiger partial charge in [0.25, 0.3) is 20.2 Å². The van der Waals surface area contributed by atoms with Crippen LogP contribution >= 0.6 is 0 Å². The second kappa shape index (κ2) is 16.0. The zero-order valence-corrected chi connectivity index (χ0v) is 30.1. The van der Waals surface area contributed by atoms with Crippen molar-refractivity contribution in [2.75, 3.05) is 29.5 Å². The minimum Gasteiger partial charge on any atom is -0.397 e. The van der Waals surface area contributed by atoms with E-state index >= 15 is 0 Å². The Morgan fingerprint density at radius 2 is 1.30 bits per heavy atom. The Kier molecular flexibility index (Phi) is 11.7. The molecule has 0 radical (unpaired) electrons. The van der Waals surface area contributed by atoms with Crippen molar-refractivity contribution in [2.24, 2.45) is 16.1 Å². The second-order valence-electron chi connectivity index (χ2n) is 12.3. The molecule has 0 unspecified atom stereocenters. The zero-order chi connectivity index (χ0) is 38.5. The van der Waals surface area contributed by atoms with E-state index < -0.39 is 52.8 Å². The first-order chi connectivity index (χ1) is 25.1. The van der Waals surface area contributed by atoms with E-state index in [1.807, 2.05) is 19.2 Å². The highest BCUT2D eigenvalue weighted by Gasteiger charge is 2.36. The number of unbranched alkanes of at least 4 members (excludes halogenated alkanes) is 4. The van der Waals surface area contributed by atoms with Crippen molar-refractivity contribution in [3.8, 4) is 0 Å². The third-order valence-corrected chi connectivity index (χ3v) is 10.4. The van der Waals surface area contributed by atoms with E-state index in [-0.39, 0.29) is 39.7 Å². The predicted molar refractivity (Wildman–Crippen MR) is 197 cm³/mol. The number of rotatable bonds is 15. The molecule has 1 aliphatic rings. The van der Waals surface area contributed by atoms with E-state index in [2.05, 4.69) is 25.9 Å². The van der Waals surface area contributed by atoms with Crippen LogP contribution in [0.3, 0.4) is 0 Å². The third kappa shape index (κ3) is 8.93. The lowest BCUT2D eigenvalue weighted by Gasteiger charge is -2.24. The van der Waals surface area contributed by atoms with Gasteiger partial charge in [0.1, 0.15) is 9.79 Å². The summed E-state index contributed by atoms with van der Waals surface area (Å²) in [5, 5.41) is 10.9. The van der Waals surface area contributed by atoms with Crippen molar-refractivity contribution in [2.45, 2.75) is 48.3 Å². The number of nitrogens with one attached hydrogen (secondary N) is 2. The molecule has 1 amide bonds. The molecule has 0 spiro atoms. The van der Waals surface area contributed by atoms with Crippen molar-refractivity contribution in [3.05, 3.63) is 95.1 Å². The van der Waals surface area contributed by atoms with Gasteiger partial charge in [-0.1, -0.05) is 43.5 Å². The number of hydrazine groups is 1. The molecular formula is C35H37N7O9S2. The number of carbonyl (C=O) groups is 3. The number of hydrogen-bond donors (Lipinski definition) is 6. The van der Waals surface area contributed by atoms with Crippen LogP contribution in [0.1, 0.15) is 70.4 Å². The normalized spacial score (nSPS) is 12.8. The summed E-state index contributed by atoms with van der Waals surface area (Å²) in [5.74, 6) is 3.42. The molecule has 4 aromatic carbocycles. The number of anilines is 4. The number of benzene rings is 4. The van der Waals surface area contributed by atoms with Crippen LogP contribution < -0.4 is 27.2 Å². The molecule has 0 fully saturated rings. The largest absolute Gasteiger partial charge is 0.397 e. The first-order valence-corrected chi connectivity index (χ1v) is 19.2. The molecule has 1 aliphatic carbocycles. The summed E-state index contributed by atoms with van der Waals surface area (Å²) >= 11 is 0. The molecule has 0 saturated heterocycles. The van der Waals surface area contributed by atoms with Crippen LogP contribution in [0.15, 0.2) is 92.8 Å². The highest BCUT2D eigenvalue weighted by Crippen LogP contribution is 2.41. The molecule has 4 aromatic rings. The molecule has 5 rings (SSSR count). The quantitative estimate of drug-likeness (QED) is 0.0147. The number of nitrogen functional groups attached to an aromatic ring is 1. The fraction of sp³-hybridized carbons (Fsp3) is 0.229. The maximum absolute atomic E-state index is 13.6. The molecule has 0 aromatic heterocycles. The third-order valence-electron chi connectivity index (χ3n) is 8.62. The maximum Gasteiger partial charge on any atom is 0.296 e. The SMILES string of the molecule is CN(CCCCCCCC(=O)NN)c1ccc(/N=N/c2ccc(Nc3cc(S(=O)(=O)O)c(N)c4c3C(=O)c3ccccc3C4=O)c(S(=O)(=O)O)c2)cc1. The summed E-state index contributed by atoms with van der Waals surface area (Å²) in [5.41, 5.74) is 7.32. The molecular weight excluding hydrogens is 727 g/mol. The van der Waals surface area contributed by atoms with Crippen molar-refractivity contribution in [3.63, 3.8) is 0 Å². The predicted octanol–water partition coefficient (Wildman–Crippen LogP) is 5.46. The topological polar surface area (TPSA) is 264 Å². The van der Waals surface area contributed by atoms with Gasteiger partial charge in [-0.2, -0.15) is 27.1 Å². The molecule has 0 bridgehead atoms. The van der Waals surface area contributed by atoms with Gasteiger partial charge in [-0.15, -0.1) is 0 Å². The Morgan fingerprint density at radius 1 is 0.736 bits per heavy atom. The number of nitrogens with two attached hydrogens (primary N) is 2. The molecule has 278 valence electrons. The monoisotopic (exact) mass is 763 g/mol. The molecule has 8 N–H and O–H groups in total. The van der Waals surface area contributed by atoms with Gasteiger partial charge >= 0.3 is 0 Å². The van der Waals surface area contributed by atoms with E-state index in [1.54, 1.807) is 12.1 Å². The van der Waals surface area contributed by atoms with Gasteiger partial charge < -0.3 is 16.0 Å². The first-order valence-electron chi connectivity index (χ1n) is 16.3. The van der Waals surface area contributed by atoms with Crippen molar-refractivity contribution < 1.29 is 40.3 Å². The summed E-state index contributed by atoms with van der Waals surface area (Å²) in [7, 11) is -8.04. The number of amides is 1. The van der Waals surface area contributed by atoms with Crippen molar-refractivity contribution in [1.82, 2.24) is 5.43 Å². The van der Waals surface area contributed by atoms with E-state index in [0.29, 0.717) is 12.1 Å². The molecule has 0 heterocycles. The minimum absolute atomic E-state index is 0.00320. The average molecular weight is 764 g/mol. The fourth-order valence-electron chi connectivity index (χ4n) is 5.90. The van der Waals surface area contributed by atoms with Gasteiger partial charge in [0, 0.05) is 36.8 Å². The smallest absolute Gasteiger partial charge is 0.296 e. The van der Waals surface area contributed by atoms with Gasteiger partial charge in [0.15, 0.2) is 11.6 Å². The Labute approximate surface area is 305 Å². The summed E-state index contributed by atoms with van der Waals surface area (Å²) in [4.78, 5) is 38.8. The highest BCUT2D eigenvalue weighted by atomic mass is 32.2. The summed E-state index contributed by atoms with van der Waals surface area (Å²) in [6.07, 6.45) is 5.15. The van der Waals surface area contributed by atoms with Crippen LogP contribution in [0.5, 0.6) is 0 Å². The second-order valence-corrected chi connectivity index (χ2v) is 15.0. The van der Waals surface area contributed by atoms with Gasteiger partial charge in [-0.25, -0.2) is 5.84 Å². The summed E-state index contributed by atoms with van der Waals surface area (Å²) in [6.45, 7) is 0.816. The fourth-order valence-corrected chi connectivity index (χ4v) is 7.21. The zero-order valence-electron chi connectivity index (χ0n) is 28.4. The molecule has 18 heteroatoms. The maximum atomic E-state index is 13.6. The van der Waals surface area contributed by atoms with Crippen molar-refractivity contribution in [1.29, 1.82) is 0 Å². The molecule has 0 aliphatic heterocycles. The van der Waals surface area contributed by atoms with E-state index in [4.69, 9.17) is 11.6 Å². The minimum atomic E-state index is -5.04. The average Bonchev–Trinajstić information content (AvgIpc) is 3.12. The van der Waals surface area contributed by atoms with Crippen LogP contribution in [-0.2, 0) is 25.0 Å². The lowest BCUT2D eigenvalue weighted by Crippen LogP contribution is -2.29. The Hall–Kier alpha value is -5.53. The number of hydrogen-bond acceptors (Lipinski definition) is 13. The highest BCUT2D eigenvalue weighted by molar-refractivity contribution is 7.86. The number of fused-ring (bicyclic) bond motifs is 2. The van der Waals surface area contributed by atoms with E-state index in [0.717, 1.165) is 56.5 Å². The lowest BCUT2D eigenvalue weighted by molar-refractivity contribution is -0.121. The Bertz CT molecular complexity index is 2330. The van der Waals surface area contributed by atoms with Gasteiger partial charge in [0.05, 0.1) is 39.6 Å². The number of azo groups is 1. The molecule has 53 heavy (non-hydrogen) atoms. The Balaban J connectivity index is 1.35. The molecule has 0 atom stereocenters. The standard InChI is InChI=1S/C35H37N7O9S2/c1-42(18-8-4-2-3-5-11-30(43)39-37)23-15-12-21(13-16-23)40-41-22-14-17-26(28(19-22)52(46,47)48)38-27-20-29(53(49,50)51)33(36)32-31(27)34(44)24-9-6-7-10-25(24)35(32)45/h6-7,9-10,12-17,19-20,38H,2-5,8,11,18,36-37H2,1H3,(H,39,43)(H,46,47,48)(H,49,50,51)/b41-40+. The van der Waals surface area contributed by atoms with E-state index in [1.165, 1.54) is 36.4 Å². The number of nitrogens with zero attached hydrogens (tertiary/aromatic N) is 3. The summed E-state index contributed by atoms with van der Waals surface area (Å²) < 4.78 is 69.7. The van der Waals surface area contributed by atoms with Gasteiger partial charge in [-0.3, -0.25) is 28.9 Å². The number of ketones is 2. The molecule has 16 nitrogen and oxygen atoms in total. The van der Waals surface area contributed by atoms with Crippen LogP contribution in [-0.4, -0.2) is 57.0 Å². The molecule has 0 saturated carbocycles. The summed E-state index contributed by atoms with van der Waals surface area (Å²) in [6, 6.07) is 17.3.